The summed E-state index contributed by atoms with van der Waals surface area (Å²) < 4.78 is 0. The van der Waals surface area contributed by atoms with Crippen molar-refractivity contribution in [3.8, 4) is 0 Å². The number of thiocarbonyl (C=S) groups is 1. The molecule has 0 aliphatic heterocycles. The van der Waals surface area contributed by atoms with E-state index in [0.717, 1.165) is 5.56 Å². The van der Waals surface area contributed by atoms with Gasteiger partial charge in [-0.3, -0.25) is 0 Å². The second kappa shape index (κ2) is 5.36. The molecular formula is C8H9Cl2N3S. The van der Waals surface area contributed by atoms with E-state index in [0.29, 0.717) is 21.7 Å². The minimum Gasteiger partial charge on any atom is -0.358 e. The van der Waals surface area contributed by atoms with Crippen LogP contribution in [0.4, 0.5) is 0 Å². The Bertz CT molecular complexity index is 343. The highest BCUT2D eigenvalue weighted by atomic mass is 35.5. The fourth-order valence-electron chi connectivity index (χ4n) is 0.883. The maximum absolute atomic E-state index is 5.83. The highest BCUT2D eigenvalue weighted by Crippen LogP contribution is 2.22. The maximum atomic E-state index is 5.83. The number of nitrogens with two attached hydrogens (primary N) is 1. The number of hydrogen-bond donors (Lipinski definition) is 3. The minimum absolute atomic E-state index is 0.385. The number of nitrogens with one attached hydrogen (secondary N) is 2. The summed E-state index contributed by atoms with van der Waals surface area (Å²) in [5.74, 6) is 5.09. The second-order valence-electron chi connectivity index (χ2n) is 2.58. The van der Waals surface area contributed by atoms with E-state index >= 15 is 0 Å². The predicted molar refractivity (Wildman–Crippen MR) is 63.2 cm³/mol. The molecule has 4 N–H and O–H groups in total. The van der Waals surface area contributed by atoms with E-state index in [-0.39, 0.29) is 0 Å². The van der Waals surface area contributed by atoms with E-state index in [2.05, 4.69) is 10.7 Å². The first kappa shape index (κ1) is 11.5. The lowest BCUT2D eigenvalue weighted by molar-refractivity contribution is 0.866. The zero-order valence-electron chi connectivity index (χ0n) is 7.18. The van der Waals surface area contributed by atoms with E-state index < -0.39 is 0 Å². The Morgan fingerprint density at radius 3 is 2.64 bits per heavy atom. The van der Waals surface area contributed by atoms with Crippen molar-refractivity contribution in [1.29, 1.82) is 0 Å². The molecule has 0 fully saturated rings. The van der Waals surface area contributed by atoms with Crippen LogP contribution in [-0.4, -0.2) is 5.11 Å². The monoisotopic (exact) mass is 249 g/mol. The molecule has 14 heavy (non-hydrogen) atoms. The Hall–Kier alpha value is -0.550. The van der Waals surface area contributed by atoms with Crippen LogP contribution in [0.1, 0.15) is 5.56 Å². The van der Waals surface area contributed by atoms with Crippen molar-refractivity contribution in [2.45, 2.75) is 6.54 Å². The lowest BCUT2D eigenvalue weighted by atomic mass is 10.2. The predicted octanol–water partition coefficient (Wildman–Crippen LogP) is 1.83. The third-order valence-corrected chi connectivity index (χ3v) is 2.57. The summed E-state index contributed by atoms with van der Waals surface area (Å²) in [4.78, 5) is 0. The topological polar surface area (TPSA) is 50.1 Å². The number of rotatable bonds is 2. The molecule has 76 valence electrons. The fourth-order valence-corrected chi connectivity index (χ4v) is 1.28. The van der Waals surface area contributed by atoms with Crippen LogP contribution < -0.4 is 16.6 Å². The van der Waals surface area contributed by atoms with E-state index in [9.17, 15) is 0 Å². The molecule has 0 aliphatic rings. The zero-order valence-corrected chi connectivity index (χ0v) is 9.51. The molecule has 0 aromatic heterocycles. The van der Waals surface area contributed by atoms with E-state index in [1.807, 2.05) is 6.07 Å². The molecule has 0 heterocycles. The van der Waals surface area contributed by atoms with Gasteiger partial charge in [0.1, 0.15) is 0 Å². The van der Waals surface area contributed by atoms with Crippen LogP contribution in [0.3, 0.4) is 0 Å². The number of halogens is 2. The van der Waals surface area contributed by atoms with Crippen molar-refractivity contribution in [1.82, 2.24) is 10.7 Å². The Balaban J connectivity index is 2.60. The maximum Gasteiger partial charge on any atom is 0.180 e. The Labute approximate surface area is 97.5 Å². The van der Waals surface area contributed by atoms with Gasteiger partial charge in [0.05, 0.1) is 10.0 Å². The summed E-state index contributed by atoms with van der Waals surface area (Å²) in [5, 5.41) is 4.34. The molecule has 0 radical (unpaired) electrons. The van der Waals surface area contributed by atoms with Crippen LogP contribution in [0.2, 0.25) is 10.0 Å². The summed E-state index contributed by atoms with van der Waals surface area (Å²) in [7, 11) is 0. The van der Waals surface area contributed by atoms with Gasteiger partial charge in [-0.15, -0.1) is 0 Å². The normalized spacial score (nSPS) is 9.64. The van der Waals surface area contributed by atoms with Gasteiger partial charge in [-0.1, -0.05) is 29.3 Å². The van der Waals surface area contributed by atoms with Crippen LogP contribution in [0.15, 0.2) is 18.2 Å². The third-order valence-electron chi connectivity index (χ3n) is 1.57. The van der Waals surface area contributed by atoms with Crippen molar-refractivity contribution in [3.63, 3.8) is 0 Å². The van der Waals surface area contributed by atoms with Gasteiger partial charge in [0, 0.05) is 6.54 Å². The Morgan fingerprint density at radius 1 is 1.36 bits per heavy atom. The molecule has 0 spiro atoms. The lowest BCUT2D eigenvalue weighted by Crippen LogP contribution is -2.39. The second-order valence-corrected chi connectivity index (χ2v) is 3.80. The fraction of sp³-hybridized carbons (Fsp3) is 0.125. The van der Waals surface area contributed by atoms with Crippen molar-refractivity contribution in [2.24, 2.45) is 5.84 Å². The van der Waals surface area contributed by atoms with E-state index in [1.165, 1.54) is 0 Å². The number of benzene rings is 1. The summed E-state index contributed by atoms with van der Waals surface area (Å²) >= 11 is 16.4. The van der Waals surface area contributed by atoms with Crippen LogP contribution in [0, 0.1) is 0 Å². The van der Waals surface area contributed by atoms with Crippen LogP contribution in [0.5, 0.6) is 0 Å². The van der Waals surface area contributed by atoms with Gasteiger partial charge in [-0.25, -0.2) is 5.84 Å². The SMILES string of the molecule is NNC(=S)NCc1ccc(Cl)c(Cl)c1. The standard InChI is InChI=1S/C8H9Cl2N3S/c9-6-2-1-5(3-7(6)10)4-12-8(14)13-11/h1-3H,4,11H2,(H2,12,13,14). The van der Waals surface area contributed by atoms with Crippen LogP contribution in [0.25, 0.3) is 0 Å². The first-order chi connectivity index (χ1) is 6.63. The smallest absolute Gasteiger partial charge is 0.180 e. The highest BCUT2D eigenvalue weighted by molar-refractivity contribution is 7.80. The summed E-state index contributed by atoms with van der Waals surface area (Å²) in [6.07, 6.45) is 0. The van der Waals surface area contributed by atoms with Gasteiger partial charge in [0.25, 0.3) is 0 Å². The molecule has 0 bridgehead atoms. The van der Waals surface area contributed by atoms with Gasteiger partial charge in [0.2, 0.25) is 0 Å². The van der Waals surface area contributed by atoms with Crippen molar-refractivity contribution in [3.05, 3.63) is 33.8 Å². The van der Waals surface area contributed by atoms with Crippen LogP contribution in [-0.2, 0) is 6.54 Å². The quantitative estimate of drug-likeness (QED) is 0.426. The van der Waals surface area contributed by atoms with Crippen molar-refractivity contribution in [2.75, 3.05) is 0 Å². The average molecular weight is 250 g/mol. The lowest BCUT2D eigenvalue weighted by Gasteiger charge is -2.07. The summed E-state index contributed by atoms with van der Waals surface area (Å²) in [5.41, 5.74) is 3.31. The molecule has 0 aliphatic carbocycles. The van der Waals surface area contributed by atoms with Crippen molar-refractivity contribution < 1.29 is 0 Å². The summed E-state index contributed by atoms with van der Waals surface area (Å²) in [6.45, 7) is 0.555. The van der Waals surface area contributed by atoms with E-state index in [1.54, 1.807) is 12.1 Å². The van der Waals surface area contributed by atoms with E-state index in [4.69, 9.17) is 41.3 Å². The molecule has 1 aromatic rings. The molecule has 0 atom stereocenters. The van der Waals surface area contributed by atoms with Gasteiger partial charge in [0.15, 0.2) is 5.11 Å². The van der Waals surface area contributed by atoms with Crippen molar-refractivity contribution >= 4 is 40.5 Å². The van der Waals surface area contributed by atoms with Gasteiger partial charge in [-0.2, -0.15) is 0 Å². The number of hydrazine groups is 1. The van der Waals surface area contributed by atoms with Gasteiger partial charge in [-0.05, 0) is 29.9 Å². The first-order valence-corrected chi connectivity index (χ1v) is 4.98. The van der Waals surface area contributed by atoms with Gasteiger partial charge >= 0.3 is 0 Å². The largest absolute Gasteiger partial charge is 0.358 e. The molecule has 3 nitrogen and oxygen atoms in total. The molecule has 1 rings (SSSR count). The summed E-state index contributed by atoms with van der Waals surface area (Å²) in [6, 6.07) is 5.37. The molecule has 6 heteroatoms. The molecule has 0 saturated carbocycles. The number of hydrogen-bond acceptors (Lipinski definition) is 2. The Kier molecular flexibility index (Phi) is 4.41. The average Bonchev–Trinajstić information content (AvgIpc) is 2.19. The first-order valence-electron chi connectivity index (χ1n) is 3.82. The third kappa shape index (κ3) is 3.31. The van der Waals surface area contributed by atoms with Crippen LogP contribution >= 0.6 is 35.4 Å². The molecule has 0 saturated heterocycles. The highest BCUT2D eigenvalue weighted by Gasteiger charge is 1.99. The zero-order chi connectivity index (χ0) is 10.6. The molecule has 0 unspecified atom stereocenters. The van der Waals surface area contributed by atoms with Gasteiger partial charge < -0.3 is 10.7 Å². The Morgan fingerprint density at radius 2 is 2.07 bits per heavy atom. The molecule has 1 aromatic carbocycles. The molecule has 0 amide bonds. The minimum atomic E-state index is 0.385. The molecular weight excluding hydrogens is 241 g/mol.